The highest BCUT2D eigenvalue weighted by molar-refractivity contribution is 7.92. The average molecular weight is 431 g/mol. The molecule has 8 heteroatoms. The van der Waals surface area contributed by atoms with Crippen LogP contribution in [-0.2, 0) is 14.8 Å². The van der Waals surface area contributed by atoms with Gasteiger partial charge in [-0.15, -0.1) is 0 Å². The van der Waals surface area contributed by atoms with Crippen molar-refractivity contribution >= 4 is 27.6 Å². The van der Waals surface area contributed by atoms with Gasteiger partial charge in [0.2, 0.25) is 0 Å². The van der Waals surface area contributed by atoms with Crippen LogP contribution < -0.4 is 4.72 Å². The summed E-state index contributed by atoms with van der Waals surface area (Å²) in [7, 11) is -3.90. The normalized spacial score (nSPS) is 14.3. The van der Waals surface area contributed by atoms with Gasteiger partial charge in [-0.2, -0.15) is 0 Å². The molecular weight excluding hydrogens is 404 g/mol. The molecule has 0 spiro atoms. The van der Waals surface area contributed by atoms with Gasteiger partial charge < -0.3 is 9.64 Å². The zero-order chi connectivity index (χ0) is 21.7. The van der Waals surface area contributed by atoms with Gasteiger partial charge in [-0.3, -0.25) is 9.52 Å². The number of aryl methyl sites for hydroxylation is 1. The van der Waals surface area contributed by atoms with E-state index in [9.17, 15) is 18.0 Å². The summed E-state index contributed by atoms with van der Waals surface area (Å²) in [6, 6.07) is 10.6. The molecule has 2 aromatic rings. The van der Waals surface area contributed by atoms with Crippen LogP contribution in [0.1, 0.15) is 52.5 Å². The third-order valence-corrected chi connectivity index (χ3v) is 6.42. The van der Waals surface area contributed by atoms with E-state index < -0.39 is 16.0 Å². The van der Waals surface area contributed by atoms with Gasteiger partial charge in [-0.05, 0) is 75.1 Å². The summed E-state index contributed by atoms with van der Waals surface area (Å²) >= 11 is 0. The molecule has 1 saturated heterocycles. The zero-order valence-corrected chi connectivity index (χ0v) is 18.0. The van der Waals surface area contributed by atoms with Crippen molar-refractivity contribution in [2.75, 3.05) is 24.4 Å². The second kappa shape index (κ2) is 9.30. The molecule has 2 aromatic carbocycles. The Morgan fingerprint density at radius 2 is 1.70 bits per heavy atom. The number of nitrogens with zero attached hydrogens (tertiary/aromatic N) is 1. The molecule has 1 heterocycles. The van der Waals surface area contributed by atoms with Crippen molar-refractivity contribution in [2.45, 2.75) is 38.0 Å². The lowest BCUT2D eigenvalue weighted by Crippen LogP contribution is -2.36. The van der Waals surface area contributed by atoms with Gasteiger partial charge in [0.25, 0.3) is 15.9 Å². The molecule has 1 amide bonds. The van der Waals surface area contributed by atoms with E-state index in [1.54, 1.807) is 24.8 Å². The van der Waals surface area contributed by atoms with Crippen LogP contribution in [0.15, 0.2) is 47.4 Å². The van der Waals surface area contributed by atoms with Crippen molar-refractivity contribution in [3.05, 3.63) is 59.2 Å². The zero-order valence-electron chi connectivity index (χ0n) is 17.2. The number of anilines is 1. The molecule has 30 heavy (non-hydrogen) atoms. The lowest BCUT2D eigenvalue weighted by molar-refractivity contribution is 0.0526. The Morgan fingerprint density at radius 3 is 2.33 bits per heavy atom. The number of sulfonamides is 1. The molecule has 1 fully saturated rings. The van der Waals surface area contributed by atoms with E-state index in [1.807, 2.05) is 0 Å². The van der Waals surface area contributed by atoms with Gasteiger partial charge in [-0.1, -0.05) is 6.07 Å². The first kappa shape index (κ1) is 21.8. The SMILES string of the molecule is CCOC(=O)c1ccc(NS(=O)(=O)c2ccc(C)c(C(=O)N3CCCCC3)c2)cc1. The number of likely N-dealkylation sites (tertiary alicyclic amines) is 1. The number of esters is 1. The van der Waals surface area contributed by atoms with Crippen LogP contribution in [0.5, 0.6) is 0 Å². The molecule has 1 aliphatic rings. The maximum Gasteiger partial charge on any atom is 0.338 e. The van der Waals surface area contributed by atoms with E-state index in [-0.39, 0.29) is 17.4 Å². The van der Waals surface area contributed by atoms with Crippen molar-refractivity contribution in [3.8, 4) is 0 Å². The first-order chi connectivity index (χ1) is 14.3. The van der Waals surface area contributed by atoms with E-state index in [4.69, 9.17) is 4.74 Å². The summed E-state index contributed by atoms with van der Waals surface area (Å²) in [4.78, 5) is 26.4. The van der Waals surface area contributed by atoms with Crippen LogP contribution in [0.4, 0.5) is 5.69 Å². The quantitative estimate of drug-likeness (QED) is 0.707. The second-order valence-corrected chi connectivity index (χ2v) is 8.92. The minimum atomic E-state index is -3.90. The van der Waals surface area contributed by atoms with Gasteiger partial charge in [-0.25, -0.2) is 13.2 Å². The van der Waals surface area contributed by atoms with E-state index >= 15 is 0 Å². The molecule has 0 saturated carbocycles. The first-order valence-corrected chi connectivity index (χ1v) is 11.5. The highest BCUT2D eigenvalue weighted by atomic mass is 32.2. The topological polar surface area (TPSA) is 92.8 Å². The van der Waals surface area contributed by atoms with Crippen LogP contribution in [0.3, 0.4) is 0 Å². The summed E-state index contributed by atoms with van der Waals surface area (Å²) < 4.78 is 33.1. The van der Waals surface area contributed by atoms with Crippen molar-refractivity contribution in [1.82, 2.24) is 4.90 Å². The Morgan fingerprint density at radius 1 is 1.03 bits per heavy atom. The van der Waals surface area contributed by atoms with Crippen molar-refractivity contribution in [2.24, 2.45) is 0 Å². The minimum absolute atomic E-state index is 0.0166. The number of piperidine rings is 1. The highest BCUT2D eigenvalue weighted by Crippen LogP contribution is 2.22. The summed E-state index contributed by atoms with van der Waals surface area (Å²) in [6.07, 6.45) is 3.04. The van der Waals surface area contributed by atoms with Crippen LogP contribution in [-0.4, -0.2) is 44.9 Å². The standard InChI is InChI=1S/C22H26N2O5S/c1-3-29-22(26)17-8-10-18(11-9-17)23-30(27,28)19-12-7-16(2)20(15-19)21(25)24-13-5-4-6-14-24/h7-12,15,23H,3-6,13-14H2,1-2H3. The molecule has 1 N–H and O–H groups in total. The van der Waals surface area contributed by atoms with Gasteiger partial charge in [0, 0.05) is 24.3 Å². The summed E-state index contributed by atoms with van der Waals surface area (Å²) in [6.45, 7) is 5.17. The van der Waals surface area contributed by atoms with Crippen LogP contribution >= 0.6 is 0 Å². The number of amides is 1. The lowest BCUT2D eigenvalue weighted by Gasteiger charge is -2.27. The number of hydrogen-bond donors (Lipinski definition) is 1. The fraction of sp³-hybridized carbons (Fsp3) is 0.364. The molecule has 3 rings (SSSR count). The number of rotatable bonds is 6. The van der Waals surface area contributed by atoms with Crippen LogP contribution in [0, 0.1) is 6.92 Å². The molecule has 0 aliphatic carbocycles. The lowest BCUT2D eigenvalue weighted by atomic mass is 10.1. The predicted octanol–water partition coefficient (Wildman–Crippen LogP) is 3.60. The molecule has 0 unspecified atom stereocenters. The Balaban J connectivity index is 1.80. The van der Waals surface area contributed by atoms with Crippen LogP contribution in [0.2, 0.25) is 0 Å². The van der Waals surface area contributed by atoms with Gasteiger partial charge in [0.05, 0.1) is 17.1 Å². The smallest absolute Gasteiger partial charge is 0.338 e. The summed E-state index contributed by atoms with van der Waals surface area (Å²) in [5.41, 5.74) is 1.79. The molecule has 0 radical (unpaired) electrons. The molecule has 1 aliphatic heterocycles. The third-order valence-electron chi connectivity index (χ3n) is 5.04. The molecule has 0 bridgehead atoms. The fourth-order valence-electron chi connectivity index (χ4n) is 3.37. The number of carbonyl (C=O) groups is 2. The Bertz CT molecular complexity index is 1030. The molecule has 0 atom stereocenters. The van der Waals surface area contributed by atoms with Gasteiger partial charge in [0.15, 0.2) is 0 Å². The monoisotopic (exact) mass is 430 g/mol. The number of carbonyl (C=O) groups excluding carboxylic acids is 2. The maximum atomic E-state index is 12.9. The average Bonchev–Trinajstić information content (AvgIpc) is 2.74. The predicted molar refractivity (Wildman–Crippen MR) is 114 cm³/mol. The molecule has 7 nitrogen and oxygen atoms in total. The largest absolute Gasteiger partial charge is 0.462 e. The van der Waals surface area contributed by atoms with E-state index in [0.29, 0.717) is 29.9 Å². The minimum Gasteiger partial charge on any atom is -0.462 e. The second-order valence-electron chi connectivity index (χ2n) is 7.23. The molecule has 0 aromatic heterocycles. The number of nitrogens with one attached hydrogen (secondary N) is 1. The molecular formula is C22H26N2O5S. The Kier molecular flexibility index (Phi) is 6.77. The number of ether oxygens (including phenoxy) is 1. The number of hydrogen-bond acceptors (Lipinski definition) is 5. The summed E-state index contributed by atoms with van der Waals surface area (Å²) in [5.74, 6) is -0.602. The van der Waals surface area contributed by atoms with E-state index in [1.165, 1.54) is 36.4 Å². The van der Waals surface area contributed by atoms with Gasteiger partial charge in [0.1, 0.15) is 0 Å². The van der Waals surface area contributed by atoms with Crippen LogP contribution in [0.25, 0.3) is 0 Å². The van der Waals surface area contributed by atoms with E-state index in [0.717, 1.165) is 24.8 Å². The van der Waals surface area contributed by atoms with Crippen molar-refractivity contribution in [3.63, 3.8) is 0 Å². The van der Waals surface area contributed by atoms with E-state index in [2.05, 4.69) is 4.72 Å². The summed E-state index contributed by atoms with van der Waals surface area (Å²) in [5, 5.41) is 0. The third kappa shape index (κ3) is 4.99. The fourth-order valence-corrected chi connectivity index (χ4v) is 4.45. The highest BCUT2D eigenvalue weighted by Gasteiger charge is 2.23. The van der Waals surface area contributed by atoms with Gasteiger partial charge >= 0.3 is 5.97 Å². The number of benzene rings is 2. The molecule has 160 valence electrons. The first-order valence-electron chi connectivity index (χ1n) is 10.0. The van der Waals surface area contributed by atoms with Crippen molar-refractivity contribution in [1.29, 1.82) is 0 Å². The van der Waals surface area contributed by atoms with Crippen molar-refractivity contribution < 1.29 is 22.7 Å². The maximum absolute atomic E-state index is 12.9. The Labute approximate surface area is 177 Å². The Hall–Kier alpha value is -2.87.